The monoisotopic (exact) mass is 327 g/mol. The number of ether oxygens (including phenoxy) is 1. The molecule has 1 aromatic carbocycles. The summed E-state index contributed by atoms with van der Waals surface area (Å²) in [6, 6.07) is 7.29. The van der Waals surface area contributed by atoms with Gasteiger partial charge in [0.15, 0.2) is 0 Å². The highest BCUT2D eigenvalue weighted by atomic mass is 16.6. The van der Waals surface area contributed by atoms with Crippen LogP contribution in [-0.2, 0) is 9.53 Å². The van der Waals surface area contributed by atoms with Gasteiger partial charge in [0.1, 0.15) is 6.61 Å². The first kappa shape index (κ1) is 16.3. The van der Waals surface area contributed by atoms with Crippen molar-refractivity contribution in [3.05, 3.63) is 24.3 Å². The van der Waals surface area contributed by atoms with Crippen LogP contribution >= 0.6 is 0 Å². The van der Waals surface area contributed by atoms with E-state index in [-0.39, 0.29) is 17.9 Å². The lowest BCUT2D eigenvalue weighted by Crippen LogP contribution is -2.38. The molecule has 126 valence electrons. The number of nitrogens with one attached hydrogen (secondary N) is 1. The summed E-state index contributed by atoms with van der Waals surface area (Å²) in [6.45, 7) is 3.27. The summed E-state index contributed by atoms with van der Waals surface area (Å²) in [5.74, 6) is 2.66. The first-order chi connectivity index (χ1) is 11.7. The summed E-state index contributed by atoms with van der Waals surface area (Å²) in [7, 11) is 0. The minimum atomic E-state index is -0.348. The van der Waals surface area contributed by atoms with Gasteiger partial charge >= 0.3 is 6.09 Å². The molecule has 2 aliphatic rings. The number of anilines is 2. The number of terminal acetylenes is 1. The second kappa shape index (κ2) is 7.37. The van der Waals surface area contributed by atoms with Crippen molar-refractivity contribution >= 4 is 23.4 Å². The van der Waals surface area contributed by atoms with Crippen LogP contribution in [0.1, 0.15) is 12.8 Å². The maximum Gasteiger partial charge on any atom is 0.414 e. The van der Waals surface area contributed by atoms with Gasteiger partial charge in [0, 0.05) is 17.3 Å². The number of amides is 2. The van der Waals surface area contributed by atoms with Crippen molar-refractivity contribution in [2.45, 2.75) is 12.8 Å². The molecule has 2 amide bonds. The van der Waals surface area contributed by atoms with E-state index >= 15 is 0 Å². The molecule has 1 aromatic rings. The highest BCUT2D eigenvalue weighted by Crippen LogP contribution is 2.24. The van der Waals surface area contributed by atoms with Crippen molar-refractivity contribution in [1.29, 1.82) is 0 Å². The van der Waals surface area contributed by atoms with Crippen molar-refractivity contribution in [1.82, 2.24) is 4.90 Å². The molecule has 1 N–H and O–H groups in total. The maximum atomic E-state index is 12.5. The van der Waals surface area contributed by atoms with E-state index in [0.717, 1.165) is 31.6 Å². The molecule has 2 saturated heterocycles. The zero-order valence-electron chi connectivity index (χ0n) is 13.5. The van der Waals surface area contributed by atoms with E-state index in [1.165, 1.54) is 0 Å². The number of benzene rings is 1. The Kier molecular flexibility index (Phi) is 5.02. The number of carbonyl (C=O) groups is 2. The van der Waals surface area contributed by atoms with Crippen LogP contribution in [0.25, 0.3) is 0 Å². The molecule has 2 heterocycles. The molecule has 0 atom stereocenters. The van der Waals surface area contributed by atoms with Crippen molar-refractivity contribution < 1.29 is 14.3 Å². The average molecular weight is 327 g/mol. The predicted molar refractivity (Wildman–Crippen MR) is 91.8 cm³/mol. The minimum Gasteiger partial charge on any atom is -0.447 e. The van der Waals surface area contributed by atoms with Crippen molar-refractivity contribution in [3.63, 3.8) is 0 Å². The number of cyclic esters (lactones) is 1. The zero-order chi connectivity index (χ0) is 16.9. The van der Waals surface area contributed by atoms with Gasteiger partial charge in [0.25, 0.3) is 0 Å². The molecule has 0 spiro atoms. The Bertz CT molecular complexity index is 660. The fourth-order valence-corrected chi connectivity index (χ4v) is 3.11. The van der Waals surface area contributed by atoms with Crippen molar-refractivity contribution in [3.8, 4) is 12.3 Å². The van der Waals surface area contributed by atoms with Gasteiger partial charge in [-0.05, 0) is 44.1 Å². The first-order valence-electron chi connectivity index (χ1n) is 8.18. The Balaban J connectivity index is 1.59. The van der Waals surface area contributed by atoms with Gasteiger partial charge in [-0.25, -0.2) is 4.79 Å². The summed E-state index contributed by atoms with van der Waals surface area (Å²) in [6.07, 6.45) is 6.60. The number of hydrogen-bond donors (Lipinski definition) is 1. The molecule has 0 unspecified atom stereocenters. The second-order valence-electron chi connectivity index (χ2n) is 6.06. The zero-order valence-corrected chi connectivity index (χ0v) is 13.5. The van der Waals surface area contributed by atoms with E-state index in [1.807, 2.05) is 18.2 Å². The standard InChI is InChI=1S/C18H21N3O3/c1-2-8-20-9-6-14(7-10-20)17(22)19-15-4-3-5-16(13-15)21-11-12-24-18(21)23/h1,3-5,13-14H,6-12H2,(H,19,22). The lowest BCUT2D eigenvalue weighted by Gasteiger charge is -2.29. The largest absolute Gasteiger partial charge is 0.447 e. The van der Waals surface area contributed by atoms with Gasteiger partial charge in [-0.1, -0.05) is 12.0 Å². The van der Waals surface area contributed by atoms with Gasteiger partial charge in [0.2, 0.25) is 5.91 Å². The van der Waals surface area contributed by atoms with Gasteiger partial charge in [0.05, 0.1) is 13.1 Å². The minimum absolute atomic E-state index is 0.000525. The Morgan fingerprint density at radius 3 is 2.79 bits per heavy atom. The Hall–Kier alpha value is -2.52. The van der Waals surface area contributed by atoms with E-state index in [0.29, 0.717) is 25.4 Å². The van der Waals surface area contributed by atoms with Crippen LogP contribution in [0.3, 0.4) is 0 Å². The molecule has 0 aromatic heterocycles. The van der Waals surface area contributed by atoms with E-state index in [9.17, 15) is 9.59 Å². The fourth-order valence-electron chi connectivity index (χ4n) is 3.11. The summed E-state index contributed by atoms with van der Waals surface area (Å²) < 4.78 is 4.95. The SMILES string of the molecule is C#CCN1CCC(C(=O)Nc2cccc(N3CCOC3=O)c2)CC1. The van der Waals surface area contributed by atoms with E-state index in [4.69, 9.17) is 11.2 Å². The van der Waals surface area contributed by atoms with Crippen LogP contribution in [0.5, 0.6) is 0 Å². The lowest BCUT2D eigenvalue weighted by atomic mass is 9.96. The first-order valence-corrected chi connectivity index (χ1v) is 8.18. The van der Waals surface area contributed by atoms with E-state index in [2.05, 4.69) is 16.1 Å². The Morgan fingerprint density at radius 2 is 2.12 bits per heavy atom. The maximum absolute atomic E-state index is 12.5. The van der Waals surface area contributed by atoms with Crippen LogP contribution in [0, 0.1) is 18.3 Å². The topological polar surface area (TPSA) is 61.9 Å². The third-order valence-corrected chi connectivity index (χ3v) is 4.46. The number of nitrogens with zero attached hydrogens (tertiary/aromatic N) is 2. The van der Waals surface area contributed by atoms with E-state index < -0.39 is 0 Å². The molecule has 0 radical (unpaired) electrons. The highest BCUT2D eigenvalue weighted by Gasteiger charge is 2.26. The van der Waals surface area contributed by atoms with Gasteiger partial charge < -0.3 is 10.1 Å². The molecule has 2 aliphatic heterocycles. The highest BCUT2D eigenvalue weighted by molar-refractivity contribution is 5.94. The molecule has 6 heteroatoms. The summed E-state index contributed by atoms with van der Waals surface area (Å²) >= 11 is 0. The van der Waals surface area contributed by atoms with Crippen LogP contribution in [-0.4, -0.2) is 49.7 Å². The molecule has 0 bridgehead atoms. The van der Waals surface area contributed by atoms with Gasteiger partial charge in [-0.3, -0.25) is 14.6 Å². The molecule has 6 nitrogen and oxygen atoms in total. The number of carbonyl (C=O) groups excluding carboxylic acids is 2. The number of likely N-dealkylation sites (tertiary alicyclic amines) is 1. The molecule has 3 rings (SSSR count). The quantitative estimate of drug-likeness (QED) is 0.859. The normalized spacial score (nSPS) is 19.0. The number of hydrogen-bond acceptors (Lipinski definition) is 4. The molecule has 0 saturated carbocycles. The van der Waals surface area contributed by atoms with Crippen LogP contribution in [0.2, 0.25) is 0 Å². The third-order valence-electron chi connectivity index (χ3n) is 4.46. The molecule has 0 aliphatic carbocycles. The Labute approximate surface area is 141 Å². The second-order valence-corrected chi connectivity index (χ2v) is 6.06. The van der Waals surface area contributed by atoms with Crippen LogP contribution < -0.4 is 10.2 Å². The molecule has 24 heavy (non-hydrogen) atoms. The van der Waals surface area contributed by atoms with Crippen molar-refractivity contribution in [2.24, 2.45) is 5.92 Å². The fraction of sp³-hybridized carbons (Fsp3) is 0.444. The smallest absolute Gasteiger partial charge is 0.414 e. The molecular weight excluding hydrogens is 306 g/mol. The summed E-state index contributed by atoms with van der Waals surface area (Å²) in [4.78, 5) is 27.8. The third kappa shape index (κ3) is 3.69. The lowest BCUT2D eigenvalue weighted by molar-refractivity contribution is -0.121. The summed E-state index contributed by atoms with van der Waals surface area (Å²) in [5.41, 5.74) is 1.43. The molecular formula is C18H21N3O3. The number of rotatable bonds is 4. The number of piperidine rings is 1. The van der Waals surface area contributed by atoms with Gasteiger partial charge in [-0.2, -0.15) is 0 Å². The van der Waals surface area contributed by atoms with Crippen LogP contribution in [0.4, 0.5) is 16.2 Å². The van der Waals surface area contributed by atoms with Gasteiger partial charge in [-0.15, -0.1) is 6.42 Å². The average Bonchev–Trinajstić information content (AvgIpc) is 3.02. The summed E-state index contributed by atoms with van der Waals surface area (Å²) in [5, 5.41) is 2.96. The Morgan fingerprint density at radius 1 is 1.33 bits per heavy atom. The van der Waals surface area contributed by atoms with Crippen molar-refractivity contribution in [2.75, 3.05) is 43.0 Å². The van der Waals surface area contributed by atoms with E-state index in [1.54, 1.807) is 11.0 Å². The van der Waals surface area contributed by atoms with Crippen LogP contribution in [0.15, 0.2) is 24.3 Å². The molecule has 2 fully saturated rings. The predicted octanol–water partition coefficient (Wildman–Crippen LogP) is 1.93.